The highest BCUT2D eigenvalue weighted by atomic mass is 16.5. The first-order chi connectivity index (χ1) is 19.5. The molecule has 0 saturated carbocycles. The minimum Gasteiger partial charge on any atom is -0.493 e. The van der Waals surface area contributed by atoms with Gasteiger partial charge in [-0.15, -0.1) is 0 Å². The number of carbonyl (C=O) groups excluding carboxylic acids is 1. The Morgan fingerprint density at radius 1 is 0.900 bits per heavy atom. The highest BCUT2D eigenvalue weighted by Gasteiger charge is 2.14. The molecule has 202 valence electrons. The zero-order chi connectivity index (χ0) is 27.9. The van der Waals surface area contributed by atoms with Crippen LogP contribution in [0.4, 0.5) is 0 Å². The van der Waals surface area contributed by atoms with Crippen LogP contribution < -0.4 is 10.1 Å². The SMILES string of the molecule is Cc1oc(-c2ccccc2)nc1CCOc1ccc(CCC(=O)O)cc1CNC(=O)c1ccc2ccccc2c1. The third-order valence-corrected chi connectivity index (χ3v) is 6.71. The molecule has 2 N–H and O–H groups in total. The van der Waals surface area contributed by atoms with Crippen molar-refractivity contribution >= 4 is 22.6 Å². The summed E-state index contributed by atoms with van der Waals surface area (Å²) >= 11 is 0. The Morgan fingerprint density at radius 2 is 1.68 bits per heavy atom. The standard InChI is InChI=1S/C33H30N2O5/c1-22-29(35-33(40-22)25-8-3-2-4-9-25)17-18-39-30-15-11-23(12-16-31(36)37)19-28(30)21-34-32(38)27-14-13-24-7-5-6-10-26(24)20-27/h2-11,13-15,19-20H,12,16-18,21H2,1H3,(H,34,38)(H,36,37). The smallest absolute Gasteiger partial charge is 0.303 e. The molecule has 0 radical (unpaired) electrons. The summed E-state index contributed by atoms with van der Waals surface area (Å²) in [5.74, 6) is 0.897. The minimum atomic E-state index is -0.857. The number of fused-ring (bicyclic) bond motifs is 1. The first-order valence-corrected chi connectivity index (χ1v) is 13.2. The van der Waals surface area contributed by atoms with Crippen LogP contribution in [0.3, 0.4) is 0 Å². The molecule has 0 spiro atoms. The van der Waals surface area contributed by atoms with Crippen molar-refractivity contribution in [2.45, 2.75) is 32.7 Å². The summed E-state index contributed by atoms with van der Waals surface area (Å²) in [7, 11) is 0. The van der Waals surface area contributed by atoms with Gasteiger partial charge in [0.15, 0.2) is 0 Å². The third-order valence-electron chi connectivity index (χ3n) is 6.71. The second-order valence-corrected chi connectivity index (χ2v) is 9.57. The van der Waals surface area contributed by atoms with Crippen LogP contribution >= 0.6 is 0 Å². The normalized spacial score (nSPS) is 10.9. The Balaban J connectivity index is 1.28. The van der Waals surface area contributed by atoms with Crippen LogP contribution in [0.5, 0.6) is 5.75 Å². The molecular formula is C33H30N2O5. The van der Waals surface area contributed by atoms with Gasteiger partial charge in [0.05, 0.1) is 12.3 Å². The molecule has 0 fully saturated rings. The molecule has 0 unspecified atom stereocenters. The molecule has 1 heterocycles. The highest BCUT2D eigenvalue weighted by molar-refractivity contribution is 5.98. The molecule has 5 aromatic rings. The molecule has 0 aliphatic rings. The minimum absolute atomic E-state index is 0.0261. The molecule has 0 atom stereocenters. The van der Waals surface area contributed by atoms with Crippen LogP contribution in [0.2, 0.25) is 0 Å². The van der Waals surface area contributed by atoms with Gasteiger partial charge in [-0.05, 0) is 60.0 Å². The van der Waals surface area contributed by atoms with Gasteiger partial charge in [-0.1, -0.05) is 60.7 Å². The summed E-state index contributed by atoms with van der Waals surface area (Å²) in [5.41, 5.74) is 3.95. The zero-order valence-corrected chi connectivity index (χ0v) is 22.2. The Bertz CT molecular complexity index is 1640. The molecule has 1 aromatic heterocycles. The van der Waals surface area contributed by atoms with E-state index in [1.54, 1.807) is 0 Å². The predicted octanol–water partition coefficient (Wildman–Crippen LogP) is 6.37. The molecule has 0 aliphatic carbocycles. The summed E-state index contributed by atoms with van der Waals surface area (Å²) < 4.78 is 12.0. The Kier molecular flexibility index (Phi) is 8.21. The van der Waals surface area contributed by atoms with Gasteiger partial charge in [0.1, 0.15) is 11.5 Å². The maximum atomic E-state index is 13.0. The lowest BCUT2D eigenvalue weighted by Crippen LogP contribution is -2.23. The number of nitrogens with one attached hydrogen (secondary N) is 1. The van der Waals surface area contributed by atoms with E-state index in [9.17, 15) is 9.59 Å². The van der Waals surface area contributed by atoms with Crippen molar-refractivity contribution in [2.75, 3.05) is 6.61 Å². The molecule has 5 rings (SSSR count). The van der Waals surface area contributed by atoms with E-state index in [1.165, 1.54) is 0 Å². The zero-order valence-electron chi connectivity index (χ0n) is 22.2. The molecule has 7 nitrogen and oxygen atoms in total. The van der Waals surface area contributed by atoms with Gasteiger partial charge in [-0.2, -0.15) is 0 Å². The van der Waals surface area contributed by atoms with Gasteiger partial charge in [-0.25, -0.2) is 4.98 Å². The number of benzene rings is 4. The lowest BCUT2D eigenvalue weighted by atomic mass is 10.0. The first kappa shape index (κ1) is 26.7. The van der Waals surface area contributed by atoms with Crippen molar-refractivity contribution in [3.8, 4) is 17.2 Å². The Hall–Kier alpha value is -4.91. The summed E-state index contributed by atoms with van der Waals surface area (Å²) in [4.78, 5) is 28.7. The second-order valence-electron chi connectivity index (χ2n) is 9.57. The lowest BCUT2D eigenvalue weighted by Gasteiger charge is -2.14. The maximum Gasteiger partial charge on any atom is 0.303 e. The van der Waals surface area contributed by atoms with Crippen LogP contribution in [-0.4, -0.2) is 28.6 Å². The number of ether oxygens (including phenoxy) is 1. The van der Waals surface area contributed by atoms with E-state index in [0.717, 1.165) is 38.9 Å². The van der Waals surface area contributed by atoms with E-state index < -0.39 is 5.97 Å². The van der Waals surface area contributed by atoms with Crippen molar-refractivity contribution in [1.29, 1.82) is 0 Å². The van der Waals surface area contributed by atoms with E-state index in [-0.39, 0.29) is 18.9 Å². The van der Waals surface area contributed by atoms with Gasteiger partial charge < -0.3 is 19.6 Å². The predicted molar refractivity (Wildman–Crippen MR) is 153 cm³/mol. The fourth-order valence-corrected chi connectivity index (χ4v) is 4.55. The fourth-order valence-electron chi connectivity index (χ4n) is 4.55. The molecule has 7 heteroatoms. The van der Waals surface area contributed by atoms with Crippen molar-refractivity contribution in [1.82, 2.24) is 10.3 Å². The van der Waals surface area contributed by atoms with Gasteiger partial charge in [0, 0.05) is 36.1 Å². The van der Waals surface area contributed by atoms with E-state index in [2.05, 4.69) is 10.3 Å². The van der Waals surface area contributed by atoms with Gasteiger partial charge in [0.25, 0.3) is 5.91 Å². The molecule has 0 saturated heterocycles. The molecule has 4 aromatic carbocycles. The van der Waals surface area contributed by atoms with E-state index in [0.29, 0.717) is 36.7 Å². The topological polar surface area (TPSA) is 102 Å². The number of hydrogen-bond donors (Lipinski definition) is 2. The first-order valence-electron chi connectivity index (χ1n) is 13.2. The fraction of sp³-hybridized carbons (Fsp3) is 0.182. The number of aryl methyl sites for hydroxylation is 2. The number of hydrogen-bond acceptors (Lipinski definition) is 5. The number of carboxylic acids is 1. The maximum absolute atomic E-state index is 13.0. The molecule has 0 bridgehead atoms. The molecule has 40 heavy (non-hydrogen) atoms. The number of amides is 1. The van der Waals surface area contributed by atoms with E-state index in [4.69, 9.17) is 14.3 Å². The highest BCUT2D eigenvalue weighted by Crippen LogP contribution is 2.24. The summed E-state index contributed by atoms with van der Waals surface area (Å²) in [5, 5.41) is 14.2. The van der Waals surface area contributed by atoms with E-state index in [1.807, 2.05) is 97.9 Å². The van der Waals surface area contributed by atoms with E-state index >= 15 is 0 Å². The molecule has 1 amide bonds. The summed E-state index contributed by atoms with van der Waals surface area (Å²) in [6.45, 7) is 2.49. The number of aromatic nitrogens is 1. The van der Waals surface area contributed by atoms with Crippen molar-refractivity contribution in [2.24, 2.45) is 0 Å². The number of oxazole rings is 1. The lowest BCUT2D eigenvalue weighted by molar-refractivity contribution is -0.136. The summed E-state index contributed by atoms with van der Waals surface area (Å²) in [6.07, 6.45) is 0.964. The van der Waals surface area contributed by atoms with Crippen LogP contribution in [0.15, 0.2) is 95.4 Å². The van der Waals surface area contributed by atoms with Crippen molar-refractivity contribution < 1.29 is 23.8 Å². The largest absolute Gasteiger partial charge is 0.493 e. The number of carboxylic acid groups (broad SMARTS) is 1. The number of carbonyl (C=O) groups is 2. The Labute approximate surface area is 232 Å². The second kappa shape index (κ2) is 12.3. The van der Waals surface area contributed by atoms with Gasteiger partial charge in [-0.3, -0.25) is 9.59 Å². The monoisotopic (exact) mass is 534 g/mol. The number of rotatable bonds is 11. The number of nitrogens with zero attached hydrogens (tertiary/aromatic N) is 1. The quantitative estimate of drug-likeness (QED) is 0.204. The van der Waals surface area contributed by atoms with Crippen molar-refractivity contribution in [3.05, 3.63) is 119 Å². The van der Waals surface area contributed by atoms with Crippen LogP contribution in [-0.2, 0) is 24.2 Å². The summed E-state index contributed by atoms with van der Waals surface area (Å²) in [6, 6.07) is 28.8. The third kappa shape index (κ3) is 6.56. The molecular weight excluding hydrogens is 504 g/mol. The number of aliphatic carboxylic acids is 1. The Morgan fingerprint density at radius 3 is 2.48 bits per heavy atom. The van der Waals surface area contributed by atoms with Crippen LogP contribution in [0.1, 0.15) is 39.4 Å². The molecule has 0 aliphatic heterocycles. The average Bonchev–Trinajstić information content (AvgIpc) is 3.35. The van der Waals surface area contributed by atoms with Crippen LogP contribution in [0, 0.1) is 6.92 Å². The van der Waals surface area contributed by atoms with Crippen molar-refractivity contribution in [3.63, 3.8) is 0 Å². The van der Waals surface area contributed by atoms with Gasteiger partial charge >= 0.3 is 5.97 Å². The van der Waals surface area contributed by atoms with Crippen LogP contribution in [0.25, 0.3) is 22.2 Å². The van der Waals surface area contributed by atoms with Gasteiger partial charge in [0.2, 0.25) is 5.89 Å². The average molecular weight is 535 g/mol.